The summed E-state index contributed by atoms with van der Waals surface area (Å²) < 4.78 is 6.02. The normalized spacial score (nSPS) is 21.8. The third-order valence-corrected chi connectivity index (χ3v) is 7.90. The summed E-state index contributed by atoms with van der Waals surface area (Å²) in [5.74, 6) is -0.0658. The van der Waals surface area contributed by atoms with Crippen LogP contribution in [0.5, 0.6) is 0 Å². The molecular weight excluding hydrogens is 430 g/mol. The Hall–Kier alpha value is -2.76. The Bertz CT molecular complexity index is 1030. The lowest BCUT2D eigenvalue weighted by Crippen LogP contribution is -2.60. The van der Waals surface area contributed by atoms with Crippen molar-refractivity contribution in [1.29, 1.82) is 0 Å². The van der Waals surface area contributed by atoms with Crippen molar-refractivity contribution in [3.05, 3.63) is 108 Å². The minimum atomic E-state index is -1.43. The molecule has 3 aromatic rings. The highest BCUT2D eigenvalue weighted by Gasteiger charge is 2.60. The maximum Gasteiger partial charge on any atom is 0.412 e. The van der Waals surface area contributed by atoms with Gasteiger partial charge in [-0.2, -0.15) is 0 Å². The summed E-state index contributed by atoms with van der Waals surface area (Å²) in [4.78, 5) is 14.6. The highest BCUT2D eigenvalue weighted by molar-refractivity contribution is 8.00. The zero-order chi connectivity index (χ0) is 23.6. The molecule has 5 heteroatoms. The third-order valence-electron chi connectivity index (χ3n) is 6.66. The predicted octanol–water partition coefficient (Wildman–Crippen LogP) is 6.22. The van der Waals surface area contributed by atoms with Crippen molar-refractivity contribution in [1.82, 2.24) is 4.90 Å². The first-order valence-electron chi connectivity index (χ1n) is 11.3. The molecular formula is C28H31NO3S. The number of nitrogens with zero attached hydrogens (tertiary/aromatic N) is 1. The summed E-state index contributed by atoms with van der Waals surface area (Å²) in [6.45, 7) is 6.13. The fourth-order valence-corrected chi connectivity index (χ4v) is 5.82. The number of thioether (sulfide) groups is 1. The lowest BCUT2D eigenvalue weighted by molar-refractivity contribution is -0.0360. The van der Waals surface area contributed by atoms with Crippen molar-refractivity contribution in [2.45, 2.75) is 43.4 Å². The Morgan fingerprint density at radius 3 is 1.79 bits per heavy atom. The molecule has 3 aromatic carbocycles. The molecule has 4 rings (SSSR count). The number of amides is 1. The largest absolute Gasteiger partial charge is 0.438 e. The predicted molar refractivity (Wildman–Crippen MR) is 134 cm³/mol. The van der Waals surface area contributed by atoms with Gasteiger partial charge in [0.2, 0.25) is 0 Å². The molecule has 0 aromatic heterocycles. The maximum absolute atomic E-state index is 13.6. The van der Waals surface area contributed by atoms with Crippen LogP contribution in [0.1, 0.15) is 43.6 Å². The topological polar surface area (TPSA) is 49.8 Å². The molecule has 4 nitrogen and oxygen atoms in total. The number of hydrogen-bond acceptors (Lipinski definition) is 4. The van der Waals surface area contributed by atoms with E-state index in [1.165, 1.54) is 0 Å². The van der Waals surface area contributed by atoms with Gasteiger partial charge in [0, 0.05) is 0 Å². The number of carbonyl (C=O) groups excluding carboxylic acids is 1. The quantitative estimate of drug-likeness (QED) is 0.454. The molecule has 3 atom stereocenters. The minimum Gasteiger partial charge on any atom is -0.438 e. The van der Waals surface area contributed by atoms with Crippen molar-refractivity contribution >= 4 is 17.9 Å². The first kappa shape index (κ1) is 23.4. The van der Waals surface area contributed by atoms with E-state index in [2.05, 4.69) is 0 Å². The molecule has 1 aliphatic heterocycles. The van der Waals surface area contributed by atoms with Gasteiger partial charge in [-0.05, 0) is 35.8 Å². The first-order valence-corrected chi connectivity index (χ1v) is 12.5. The highest BCUT2D eigenvalue weighted by Crippen LogP contribution is 2.52. The number of ether oxygens (including phenoxy) is 1. The maximum atomic E-state index is 13.6. The van der Waals surface area contributed by atoms with Crippen LogP contribution < -0.4 is 0 Å². The monoisotopic (exact) mass is 461 g/mol. The summed E-state index contributed by atoms with van der Waals surface area (Å²) in [5, 5.41) is 12.6. The molecule has 1 saturated heterocycles. The van der Waals surface area contributed by atoms with E-state index in [1.54, 1.807) is 16.7 Å². The number of benzene rings is 3. The number of carbonyl (C=O) groups is 1. The zero-order valence-electron chi connectivity index (χ0n) is 19.5. The zero-order valence-corrected chi connectivity index (χ0v) is 20.3. The van der Waals surface area contributed by atoms with E-state index in [-0.39, 0.29) is 5.92 Å². The molecule has 0 spiro atoms. The molecule has 0 aliphatic carbocycles. The Morgan fingerprint density at radius 2 is 1.36 bits per heavy atom. The van der Waals surface area contributed by atoms with Crippen molar-refractivity contribution < 1.29 is 14.6 Å². The first-order chi connectivity index (χ1) is 15.8. The molecule has 2 unspecified atom stereocenters. The summed E-state index contributed by atoms with van der Waals surface area (Å²) in [6.07, 6.45) is 1.12. The summed E-state index contributed by atoms with van der Waals surface area (Å²) in [7, 11) is 0. The van der Waals surface area contributed by atoms with Crippen molar-refractivity contribution in [3.8, 4) is 0 Å². The lowest BCUT2D eigenvalue weighted by Gasteiger charge is -2.48. The van der Waals surface area contributed by atoms with E-state index in [0.717, 1.165) is 16.7 Å². The van der Waals surface area contributed by atoms with E-state index < -0.39 is 28.7 Å². The summed E-state index contributed by atoms with van der Waals surface area (Å²) >= 11 is 1.57. The highest BCUT2D eigenvalue weighted by atomic mass is 32.2. The molecule has 1 N–H and O–H groups in total. The Kier molecular flexibility index (Phi) is 6.55. The van der Waals surface area contributed by atoms with Gasteiger partial charge in [-0.15, -0.1) is 11.8 Å². The van der Waals surface area contributed by atoms with Crippen molar-refractivity contribution in [3.63, 3.8) is 0 Å². The molecule has 1 fully saturated rings. The lowest BCUT2D eigenvalue weighted by atomic mass is 9.74. The minimum absolute atomic E-state index is 0.0658. The van der Waals surface area contributed by atoms with E-state index >= 15 is 0 Å². The average molecular weight is 462 g/mol. The summed E-state index contributed by atoms with van der Waals surface area (Å²) in [5.41, 5.74) is 0.998. The smallest absolute Gasteiger partial charge is 0.412 e. The van der Waals surface area contributed by atoms with Gasteiger partial charge in [-0.1, -0.05) is 105 Å². The molecule has 1 heterocycles. The van der Waals surface area contributed by atoms with Crippen LogP contribution in [0, 0.1) is 5.92 Å². The molecule has 172 valence electrons. The Balaban J connectivity index is 1.91. The van der Waals surface area contributed by atoms with E-state index in [0.29, 0.717) is 0 Å². The van der Waals surface area contributed by atoms with Crippen LogP contribution in [0.2, 0.25) is 0 Å². The van der Waals surface area contributed by atoms with Crippen LogP contribution in [0.4, 0.5) is 4.79 Å². The van der Waals surface area contributed by atoms with Crippen LogP contribution in [-0.2, 0) is 10.3 Å². The Morgan fingerprint density at radius 1 is 0.909 bits per heavy atom. The third kappa shape index (κ3) is 3.94. The van der Waals surface area contributed by atoms with E-state index in [4.69, 9.17) is 4.74 Å². The second kappa shape index (κ2) is 9.24. The number of hydrogen-bond donors (Lipinski definition) is 1. The van der Waals surface area contributed by atoms with E-state index in [1.807, 2.05) is 118 Å². The second-order valence-corrected chi connectivity index (χ2v) is 10.2. The number of rotatable bonds is 7. The average Bonchev–Trinajstić information content (AvgIpc) is 3.11. The van der Waals surface area contributed by atoms with Gasteiger partial charge < -0.3 is 9.84 Å². The fourth-order valence-electron chi connectivity index (χ4n) is 5.03. The Labute approximate surface area is 200 Å². The fraction of sp³-hybridized carbons (Fsp3) is 0.321. The SMILES string of the molecule is CSC1(C)C(c2ccccc2)OC(=O)N1[C@H](C(C)C)C(O)(c1ccccc1)c1ccccc1. The van der Waals surface area contributed by atoms with Gasteiger partial charge in [0.15, 0.2) is 6.10 Å². The summed E-state index contributed by atoms with van der Waals surface area (Å²) in [6, 6.07) is 28.5. The van der Waals surface area contributed by atoms with Crippen molar-refractivity contribution in [2.24, 2.45) is 5.92 Å². The molecule has 1 amide bonds. The molecule has 0 bridgehead atoms. The van der Waals surface area contributed by atoms with Gasteiger partial charge in [-0.25, -0.2) is 4.79 Å². The second-order valence-electron chi connectivity index (χ2n) is 8.99. The molecule has 0 radical (unpaired) electrons. The van der Waals surface area contributed by atoms with Gasteiger partial charge in [0.05, 0.1) is 6.04 Å². The van der Waals surface area contributed by atoms with Gasteiger partial charge >= 0.3 is 6.09 Å². The van der Waals surface area contributed by atoms with Crippen LogP contribution in [0.25, 0.3) is 0 Å². The molecule has 0 saturated carbocycles. The standard InChI is InChI=1S/C28H31NO3S/c1-20(2)24(28(31,22-16-10-6-11-17-22)23-18-12-7-13-19-23)29-26(30)32-25(27(29,3)33-4)21-14-8-5-9-15-21/h5-20,24-25,31H,1-4H3/t24-,25?,27?/m1/s1. The van der Waals surface area contributed by atoms with Crippen molar-refractivity contribution in [2.75, 3.05) is 6.26 Å². The molecule has 33 heavy (non-hydrogen) atoms. The van der Waals surface area contributed by atoms with Crippen LogP contribution in [-0.4, -0.2) is 33.3 Å². The van der Waals surface area contributed by atoms with Crippen LogP contribution in [0.15, 0.2) is 91.0 Å². The van der Waals surface area contributed by atoms with Crippen LogP contribution >= 0.6 is 11.8 Å². The molecule has 1 aliphatic rings. The van der Waals surface area contributed by atoms with Gasteiger partial charge in [-0.3, -0.25) is 4.90 Å². The number of cyclic esters (lactones) is 1. The number of aliphatic hydroxyl groups is 1. The van der Waals surface area contributed by atoms with E-state index in [9.17, 15) is 9.90 Å². The van der Waals surface area contributed by atoms with Gasteiger partial charge in [0.25, 0.3) is 0 Å². The van der Waals surface area contributed by atoms with Gasteiger partial charge in [0.1, 0.15) is 10.5 Å². The van der Waals surface area contributed by atoms with Crippen LogP contribution in [0.3, 0.4) is 0 Å².